The topological polar surface area (TPSA) is 80.6 Å². The van der Waals surface area contributed by atoms with Gasteiger partial charge in [0.25, 0.3) is 5.91 Å². The van der Waals surface area contributed by atoms with E-state index in [0.29, 0.717) is 28.4 Å². The van der Waals surface area contributed by atoms with Crippen molar-refractivity contribution in [1.29, 1.82) is 5.26 Å². The Balaban J connectivity index is 1.62. The zero-order valence-electron chi connectivity index (χ0n) is 18.3. The van der Waals surface area contributed by atoms with E-state index in [-0.39, 0.29) is 24.5 Å². The van der Waals surface area contributed by atoms with Crippen LogP contribution in [-0.2, 0) is 17.9 Å². The van der Waals surface area contributed by atoms with Gasteiger partial charge in [-0.1, -0.05) is 30.3 Å². The van der Waals surface area contributed by atoms with Crippen LogP contribution in [0.25, 0.3) is 6.08 Å². The predicted octanol–water partition coefficient (Wildman–Crippen LogP) is 4.65. The number of hydrogen-bond acceptors (Lipinski definition) is 5. The molecule has 33 heavy (non-hydrogen) atoms. The van der Waals surface area contributed by atoms with E-state index in [9.17, 15) is 14.4 Å². The van der Waals surface area contributed by atoms with Gasteiger partial charge in [0.15, 0.2) is 0 Å². The number of carbonyl (C=O) groups excluding carboxylic acids is 1. The second kappa shape index (κ2) is 11.3. The summed E-state index contributed by atoms with van der Waals surface area (Å²) in [6, 6.07) is 20.4. The van der Waals surface area contributed by atoms with E-state index in [2.05, 4.69) is 5.32 Å². The number of ether oxygens (including phenoxy) is 3. The molecule has 3 aromatic rings. The Hall–Kier alpha value is -4.31. The minimum absolute atomic E-state index is 0.0393. The fourth-order valence-electron chi connectivity index (χ4n) is 3.02. The average Bonchev–Trinajstić information content (AvgIpc) is 2.85. The largest absolute Gasteiger partial charge is 0.497 e. The minimum atomic E-state index is -0.504. The monoisotopic (exact) mass is 446 g/mol. The molecule has 3 rings (SSSR count). The van der Waals surface area contributed by atoms with Crippen molar-refractivity contribution in [3.05, 3.63) is 94.8 Å². The third kappa shape index (κ3) is 6.34. The Kier molecular flexibility index (Phi) is 8.03. The zero-order chi connectivity index (χ0) is 23.6. The van der Waals surface area contributed by atoms with Crippen LogP contribution in [-0.4, -0.2) is 20.1 Å². The van der Waals surface area contributed by atoms with Crippen LogP contribution in [0.3, 0.4) is 0 Å². The van der Waals surface area contributed by atoms with Crippen LogP contribution >= 0.6 is 0 Å². The standard InChI is InChI=1S/C26H23FN2O4/c1-31-23-12-9-19(25(14-23)32-2)16-29-26(30)21(15-28)13-18-7-10-22(11-8-18)33-17-20-5-3-4-6-24(20)27/h3-14H,16-17H2,1-2H3,(H,29,30)/b21-13+. The molecule has 0 fully saturated rings. The maximum Gasteiger partial charge on any atom is 0.262 e. The van der Waals surface area contributed by atoms with Gasteiger partial charge < -0.3 is 19.5 Å². The summed E-state index contributed by atoms with van der Waals surface area (Å²) in [6.07, 6.45) is 1.49. The fourth-order valence-corrected chi connectivity index (χ4v) is 3.02. The second-order valence-corrected chi connectivity index (χ2v) is 6.98. The van der Waals surface area contributed by atoms with E-state index in [0.717, 1.165) is 5.56 Å². The molecular weight excluding hydrogens is 423 g/mol. The molecule has 1 amide bonds. The van der Waals surface area contributed by atoms with Crippen LogP contribution in [0.1, 0.15) is 16.7 Å². The highest BCUT2D eigenvalue weighted by Crippen LogP contribution is 2.24. The maximum absolute atomic E-state index is 13.7. The molecule has 0 heterocycles. The van der Waals surface area contributed by atoms with Gasteiger partial charge in [-0.05, 0) is 42.0 Å². The first kappa shape index (κ1) is 23.4. The molecule has 0 bridgehead atoms. The van der Waals surface area contributed by atoms with Gasteiger partial charge in [0, 0.05) is 23.7 Å². The Morgan fingerprint density at radius 2 is 1.73 bits per heavy atom. The smallest absolute Gasteiger partial charge is 0.262 e. The number of nitriles is 1. The molecule has 1 N–H and O–H groups in total. The van der Waals surface area contributed by atoms with Gasteiger partial charge in [-0.25, -0.2) is 4.39 Å². The van der Waals surface area contributed by atoms with Gasteiger partial charge in [0.05, 0.1) is 14.2 Å². The van der Waals surface area contributed by atoms with Gasteiger partial charge in [0.2, 0.25) is 0 Å². The number of nitrogens with zero attached hydrogens (tertiary/aromatic N) is 1. The number of halogens is 1. The van der Waals surface area contributed by atoms with Crippen LogP contribution in [0, 0.1) is 17.1 Å². The van der Waals surface area contributed by atoms with Gasteiger partial charge in [-0.15, -0.1) is 0 Å². The first-order chi connectivity index (χ1) is 16.0. The van der Waals surface area contributed by atoms with Crippen molar-refractivity contribution in [3.63, 3.8) is 0 Å². The molecule has 0 aromatic heterocycles. The van der Waals surface area contributed by atoms with Crippen molar-refractivity contribution in [1.82, 2.24) is 5.32 Å². The van der Waals surface area contributed by atoms with Crippen molar-refractivity contribution in [2.45, 2.75) is 13.2 Å². The molecule has 0 radical (unpaired) electrons. The molecule has 0 saturated carbocycles. The Morgan fingerprint density at radius 1 is 1.00 bits per heavy atom. The normalized spacial score (nSPS) is 10.8. The molecule has 7 heteroatoms. The van der Waals surface area contributed by atoms with E-state index in [4.69, 9.17) is 14.2 Å². The lowest BCUT2D eigenvalue weighted by Crippen LogP contribution is -2.24. The summed E-state index contributed by atoms with van der Waals surface area (Å²) in [6.45, 7) is 0.288. The van der Waals surface area contributed by atoms with E-state index in [1.54, 1.807) is 67.8 Å². The summed E-state index contributed by atoms with van der Waals surface area (Å²) < 4.78 is 29.8. The Labute approximate surface area is 191 Å². The van der Waals surface area contributed by atoms with E-state index in [1.165, 1.54) is 19.3 Å². The van der Waals surface area contributed by atoms with Crippen molar-refractivity contribution in [2.24, 2.45) is 0 Å². The van der Waals surface area contributed by atoms with Crippen molar-refractivity contribution < 1.29 is 23.4 Å². The van der Waals surface area contributed by atoms with Crippen molar-refractivity contribution in [2.75, 3.05) is 14.2 Å². The highest BCUT2D eigenvalue weighted by Gasteiger charge is 2.11. The van der Waals surface area contributed by atoms with E-state index >= 15 is 0 Å². The highest BCUT2D eigenvalue weighted by molar-refractivity contribution is 6.01. The number of nitrogens with one attached hydrogen (secondary N) is 1. The van der Waals surface area contributed by atoms with Crippen LogP contribution in [0.4, 0.5) is 4.39 Å². The zero-order valence-corrected chi connectivity index (χ0v) is 18.3. The van der Waals surface area contributed by atoms with Gasteiger partial charge >= 0.3 is 0 Å². The molecule has 0 unspecified atom stereocenters. The SMILES string of the molecule is COc1ccc(CNC(=O)/C(C#N)=C/c2ccc(OCc3ccccc3F)cc2)c(OC)c1. The summed E-state index contributed by atoms with van der Waals surface area (Å²) in [5.74, 6) is 0.929. The number of amides is 1. The highest BCUT2D eigenvalue weighted by atomic mass is 19.1. The summed E-state index contributed by atoms with van der Waals surface area (Å²) in [5, 5.41) is 12.2. The number of carbonyl (C=O) groups is 1. The molecule has 6 nitrogen and oxygen atoms in total. The lowest BCUT2D eigenvalue weighted by atomic mass is 10.1. The minimum Gasteiger partial charge on any atom is -0.497 e. The molecule has 3 aromatic carbocycles. The summed E-state index contributed by atoms with van der Waals surface area (Å²) >= 11 is 0. The van der Waals surface area contributed by atoms with Gasteiger partial charge in [-0.2, -0.15) is 5.26 Å². The first-order valence-electron chi connectivity index (χ1n) is 10.1. The first-order valence-corrected chi connectivity index (χ1v) is 10.1. The van der Waals surface area contributed by atoms with Gasteiger partial charge in [-0.3, -0.25) is 4.79 Å². The average molecular weight is 446 g/mol. The summed E-state index contributed by atoms with van der Waals surface area (Å²) in [4.78, 5) is 12.5. The molecule has 0 aliphatic rings. The van der Waals surface area contributed by atoms with Crippen LogP contribution in [0.5, 0.6) is 17.2 Å². The Morgan fingerprint density at radius 3 is 2.39 bits per heavy atom. The molecule has 0 aliphatic carbocycles. The second-order valence-electron chi connectivity index (χ2n) is 6.98. The third-order valence-electron chi connectivity index (χ3n) is 4.84. The number of methoxy groups -OCH3 is 2. The maximum atomic E-state index is 13.7. The van der Waals surface area contributed by atoms with E-state index < -0.39 is 5.91 Å². The molecule has 0 spiro atoms. The molecule has 168 valence electrons. The molecule has 0 saturated heterocycles. The lowest BCUT2D eigenvalue weighted by molar-refractivity contribution is -0.117. The summed E-state index contributed by atoms with van der Waals surface area (Å²) in [7, 11) is 3.09. The number of rotatable bonds is 9. The summed E-state index contributed by atoms with van der Waals surface area (Å²) in [5.41, 5.74) is 1.82. The van der Waals surface area contributed by atoms with E-state index in [1.807, 2.05) is 6.07 Å². The number of hydrogen-bond donors (Lipinski definition) is 1. The van der Waals surface area contributed by atoms with Crippen LogP contribution in [0.15, 0.2) is 72.3 Å². The number of benzene rings is 3. The van der Waals surface area contributed by atoms with Crippen LogP contribution < -0.4 is 19.5 Å². The van der Waals surface area contributed by atoms with Crippen LogP contribution in [0.2, 0.25) is 0 Å². The van der Waals surface area contributed by atoms with Gasteiger partial charge in [0.1, 0.15) is 41.3 Å². The quantitative estimate of drug-likeness (QED) is 0.382. The third-order valence-corrected chi connectivity index (χ3v) is 4.84. The molecule has 0 aliphatic heterocycles. The van der Waals surface area contributed by atoms with Crippen molar-refractivity contribution >= 4 is 12.0 Å². The molecular formula is C26H23FN2O4. The molecule has 0 atom stereocenters. The lowest BCUT2D eigenvalue weighted by Gasteiger charge is -2.11. The Bertz CT molecular complexity index is 1180. The van der Waals surface area contributed by atoms with Crippen molar-refractivity contribution in [3.8, 4) is 23.3 Å². The fraction of sp³-hybridized carbons (Fsp3) is 0.154. The predicted molar refractivity (Wildman–Crippen MR) is 122 cm³/mol.